The van der Waals surface area contributed by atoms with Gasteiger partial charge in [0.2, 0.25) is 5.75 Å². The minimum Gasteiger partial charge on any atom is -0.493 e. The van der Waals surface area contributed by atoms with Gasteiger partial charge < -0.3 is 9.47 Å². The number of methoxy groups -OCH3 is 1. The van der Waals surface area contributed by atoms with Crippen LogP contribution < -0.4 is 9.47 Å². The van der Waals surface area contributed by atoms with Crippen LogP contribution in [0.1, 0.15) is 0 Å². The first-order chi connectivity index (χ1) is 6.15. The molecule has 0 N–H and O–H groups in total. The maximum Gasteiger partial charge on any atom is 0.387 e. The summed E-state index contributed by atoms with van der Waals surface area (Å²) < 4.78 is 45.0. The second-order valence-corrected chi connectivity index (χ2v) is 2.15. The van der Waals surface area contributed by atoms with E-state index < -0.39 is 18.2 Å². The summed E-state index contributed by atoms with van der Waals surface area (Å²) in [7, 11) is 1.24. The van der Waals surface area contributed by atoms with Crippen LogP contribution in [0, 0.1) is 5.82 Å². The summed E-state index contributed by atoms with van der Waals surface area (Å²) in [6.45, 7) is -3.06. The van der Waals surface area contributed by atoms with Crippen molar-refractivity contribution >= 4 is 0 Å². The lowest BCUT2D eigenvalue weighted by atomic mass is 10.3. The Morgan fingerprint density at radius 2 is 2.00 bits per heavy atom. The molecule has 72 valence electrons. The van der Waals surface area contributed by atoms with Crippen molar-refractivity contribution in [1.82, 2.24) is 0 Å². The first-order valence-corrected chi connectivity index (χ1v) is 3.42. The lowest BCUT2D eigenvalue weighted by Crippen LogP contribution is -2.05. The van der Waals surface area contributed by atoms with Crippen LogP contribution in [0.2, 0.25) is 0 Å². The smallest absolute Gasteiger partial charge is 0.387 e. The average Bonchev–Trinajstić information content (AvgIpc) is 2.08. The molecule has 0 spiro atoms. The predicted molar refractivity (Wildman–Crippen MR) is 39.6 cm³/mol. The van der Waals surface area contributed by atoms with Crippen LogP contribution in [0.25, 0.3) is 0 Å². The summed E-state index contributed by atoms with van der Waals surface area (Å²) in [6.07, 6.45) is 0. The molecule has 0 bridgehead atoms. The summed E-state index contributed by atoms with van der Waals surface area (Å²) >= 11 is 0. The third-order valence-corrected chi connectivity index (χ3v) is 1.36. The molecule has 0 fully saturated rings. The van der Waals surface area contributed by atoms with E-state index in [1.54, 1.807) is 0 Å². The van der Waals surface area contributed by atoms with Gasteiger partial charge >= 0.3 is 6.61 Å². The molecule has 1 rings (SSSR count). The van der Waals surface area contributed by atoms with Crippen molar-refractivity contribution in [3.8, 4) is 11.5 Å². The number of ether oxygens (including phenoxy) is 2. The standard InChI is InChI=1S/C8H7F3O2/c1-12-6-4-2-3-5(9)7(6)13-8(10)11/h2-4,8H,1H3. The van der Waals surface area contributed by atoms with E-state index in [-0.39, 0.29) is 5.75 Å². The zero-order valence-corrected chi connectivity index (χ0v) is 6.76. The van der Waals surface area contributed by atoms with Gasteiger partial charge in [0, 0.05) is 0 Å². The summed E-state index contributed by atoms with van der Waals surface area (Å²) in [4.78, 5) is 0. The number of benzene rings is 1. The molecule has 0 atom stereocenters. The zero-order chi connectivity index (χ0) is 9.84. The molecule has 0 unspecified atom stereocenters. The van der Waals surface area contributed by atoms with E-state index in [9.17, 15) is 13.2 Å². The molecule has 0 heterocycles. The lowest BCUT2D eigenvalue weighted by Gasteiger charge is -2.09. The van der Waals surface area contributed by atoms with Gasteiger partial charge in [-0.15, -0.1) is 0 Å². The van der Waals surface area contributed by atoms with Gasteiger partial charge in [0.15, 0.2) is 11.6 Å². The van der Waals surface area contributed by atoms with E-state index in [1.165, 1.54) is 19.2 Å². The van der Waals surface area contributed by atoms with E-state index in [1.807, 2.05) is 0 Å². The molecule has 0 aliphatic heterocycles. The highest BCUT2D eigenvalue weighted by Crippen LogP contribution is 2.30. The number of hydrogen-bond acceptors (Lipinski definition) is 2. The molecule has 2 nitrogen and oxygen atoms in total. The largest absolute Gasteiger partial charge is 0.493 e. The minimum atomic E-state index is -3.06. The fourth-order valence-corrected chi connectivity index (χ4v) is 0.853. The van der Waals surface area contributed by atoms with Crippen LogP contribution in [0.5, 0.6) is 11.5 Å². The third kappa shape index (κ3) is 2.27. The van der Waals surface area contributed by atoms with Crippen LogP contribution in [0.15, 0.2) is 18.2 Å². The van der Waals surface area contributed by atoms with Crippen LogP contribution in [0.3, 0.4) is 0 Å². The molecular formula is C8H7F3O2. The highest BCUT2D eigenvalue weighted by atomic mass is 19.3. The van der Waals surface area contributed by atoms with Gasteiger partial charge in [-0.1, -0.05) is 6.07 Å². The molecule has 0 aromatic heterocycles. The molecule has 1 aromatic carbocycles. The summed E-state index contributed by atoms with van der Waals surface area (Å²) in [5.74, 6) is -1.50. The Balaban J connectivity index is 3.00. The van der Waals surface area contributed by atoms with Crippen molar-refractivity contribution in [2.45, 2.75) is 6.61 Å². The Hall–Kier alpha value is -1.39. The Morgan fingerprint density at radius 1 is 1.31 bits per heavy atom. The molecule has 0 saturated heterocycles. The molecule has 0 aliphatic carbocycles. The molecule has 0 aliphatic rings. The third-order valence-electron chi connectivity index (χ3n) is 1.36. The predicted octanol–water partition coefficient (Wildman–Crippen LogP) is 2.44. The normalized spacial score (nSPS) is 10.2. The molecule has 1 aromatic rings. The SMILES string of the molecule is COc1cccc(F)c1OC(F)F. The Kier molecular flexibility index (Phi) is 3.00. The first kappa shape index (κ1) is 9.70. The highest BCUT2D eigenvalue weighted by Gasteiger charge is 2.14. The minimum absolute atomic E-state index is 0.0553. The van der Waals surface area contributed by atoms with Gasteiger partial charge in [0.05, 0.1) is 7.11 Å². The molecule has 0 saturated carbocycles. The average molecular weight is 192 g/mol. The van der Waals surface area contributed by atoms with Crippen molar-refractivity contribution < 1.29 is 22.6 Å². The second kappa shape index (κ2) is 4.02. The van der Waals surface area contributed by atoms with E-state index >= 15 is 0 Å². The van der Waals surface area contributed by atoms with Crippen molar-refractivity contribution in [3.63, 3.8) is 0 Å². The molecule has 0 amide bonds. The van der Waals surface area contributed by atoms with Gasteiger partial charge in [-0.25, -0.2) is 4.39 Å². The lowest BCUT2D eigenvalue weighted by molar-refractivity contribution is -0.0536. The second-order valence-electron chi connectivity index (χ2n) is 2.15. The van der Waals surface area contributed by atoms with Crippen molar-refractivity contribution in [2.75, 3.05) is 7.11 Å². The van der Waals surface area contributed by atoms with E-state index in [0.29, 0.717) is 0 Å². The number of rotatable bonds is 3. The summed E-state index contributed by atoms with van der Waals surface area (Å²) in [5.41, 5.74) is 0. The molecule has 5 heteroatoms. The van der Waals surface area contributed by atoms with E-state index in [4.69, 9.17) is 0 Å². The fourth-order valence-electron chi connectivity index (χ4n) is 0.853. The maximum absolute atomic E-state index is 12.9. The number of halogens is 3. The zero-order valence-electron chi connectivity index (χ0n) is 6.76. The fraction of sp³-hybridized carbons (Fsp3) is 0.250. The van der Waals surface area contributed by atoms with E-state index in [0.717, 1.165) is 6.07 Å². The summed E-state index contributed by atoms with van der Waals surface area (Å²) in [5, 5.41) is 0. The Bertz CT molecular complexity index is 289. The number of para-hydroxylation sites is 1. The van der Waals surface area contributed by atoms with Gasteiger partial charge in [-0.05, 0) is 12.1 Å². The van der Waals surface area contributed by atoms with Gasteiger partial charge in [0.25, 0.3) is 0 Å². The molecular weight excluding hydrogens is 185 g/mol. The summed E-state index contributed by atoms with van der Waals surface area (Å²) in [6, 6.07) is 3.69. The van der Waals surface area contributed by atoms with Crippen molar-refractivity contribution in [3.05, 3.63) is 24.0 Å². The van der Waals surface area contributed by atoms with Gasteiger partial charge in [0.1, 0.15) is 0 Å². The van der Waals surface area contributed by atoms with Crippen LogP contribution in [0.4, 0.5) is 13.2 Å². The maximum atomic E-state index is 12.9. The topological polar surface area (TPSA) is 18.5 Å². The quantitative estimate of drug-likeness (QED) is 0.732. The molecule has 0 radical (unpaired) electrons. The van der Waals surface area contributed by atoms with Crippen LogP contribution >= 0.6 is 0 Å². The number of alkyl halides is 2. The van der Waals surface area contributed by atoms with Gasteiger partial charge in [-0.3, -0.25) is 0 Å². The number of hydrogen-bond donors (Lipinski definition) is 0. The first-order valence-electron chi connectivity index (χ1n) is 3.42. The van der Waals surface area contributed by atoms with Crippen molar-refractivity contribution in [2.24, 2.45) is 0 Å². The Labute approximate surface area is 72.9 Å². The van der Waals surface area contributed by atoms with E-state index in [2.05, 4.69) is 9.47 Å². The Morgan fingerprint density at radius 3 is 2.54 bits per heavy atom. The molecule has 13 heavy (non-hydrogen) atoms. The van der Waals surface area contributed by atoms with Crippen molar-refractivity contribution in [1.29, 1.82) is 0 Å². The highest BCUT2D eigenvalue weighted by molar-refractivity contribution is 5.40. The van der Waals surface area contributed by atoms with Gasteiger partial charge in [-0.2, -0.15) is 8.78 Å². The monoisotopic (exact) mass is 192 g/mol. The van der Waals surface area contributed by atoms with Crippen LogP contribution in [-0.4, -0.2) is 13.7 Å². The van der Waals surface area contributed by atoms with Crippen LogP contribution in [-0.2, 0) is 0 Å².